The minimum Gasteiger partial charge on any atom is -0.320 e. The van der Waals surface area contributed by atoms with Gasteiger partial charge in [-0.2, -0.15) is 0 Å². The molecule has 0 aromatic rings. The Morgan fingerprint density at radius 3 is 2.15 bits per heavy atom. The first-order valence-electron chi connectivity index (χ1n) is 4.59. The van der Waals surface area contributed by atoms with Gasteiger partial charge in [0.15, 0.2) is 0 Å². The third-order valence-electron chi connectivity index (χ3n) is 2.20. The van der Waals surface area contributed by atoms with Crippen LogP contribution < -0.4 is 5.32 Å². The fourth-order valence-electron chi connectivity index (χ4n) is 1.05. The van der Waals surface area contributed by atoms with Crippen LogP contribution in [0.4, 0.5) is 0 Å². The first-order valence-corrected chi connectivity index (χ1v) is 6.65. The van der Waals surface area contributed by atoms with Crippen molar-refractivity contribution in [2.75, 3.05) is 25.6 Å². The molecular formula is C9H21NO2S. The van der Waals surface area contributed by atoms with Crippen LogP contribution in [0, 0.1) is 5.41 Å². The van der Waals surface area contributed by atoms with Gasteiger partial charge in [-0.3, -0.25) is 0 Å². The highest BCUT2D eigenvalue weighted by atomic mass is 32.2. The van der Waals surface area contributed by atoms with Crippen LogP contribution in [0.3, 0.4) is 0 Å². The zero-order chi connectivity index (χ0) is 10.5. The van der Waals surface area contributed by atoms with Crippen LogP contribution in [-0.4, -0.2) is 34.0 Å². The average Bonchev–Trinajstić information content (AvgIpc) is 1.97. The SMILES string of the molecule is CNCCC(C)(C)CCS(C)(=O)=O. The van der Waals surface area contributed by atoms with Crippen molar-refractivity contribution in [3.05, 3.63) is 0 Å². The van der Waals surface area contributed by atoms with Gasteiger partial charge < -0.3 is 5.32 Å². The van der Waals surface area contributed by atoms with Gasteiger partial charge in [0.1, 0.15) is 9.84 Å². The molecule has 0 saturated heterocycles. The van der Waals surface area contributed by atoms with Gasteiger partial charge in [-0.15, -0.1) is 0 Å². The summed E-state index contributed by atoms with van der Waals surface area (Å²) >= 11 is 0. The van der Waals surface area contributed by atoms with Crippen LogP contribution in [0.1, 0.15) is 26.7 Å². The maximum absolute atomic E-state index is 10.9. The topological polar surface area (TPSA) is 46.2 Å². The van der Waals surface area contributed by atoms with Crippen LogP contribution in [-0.2, 0) is 9.84 Å². The third kappa shape index (κ3) is 8.25. The smallest absolute Gasteiger partial charge is 0.147 e. The van der Waals surface area contributed by atoms with Crippen molar-refractivity contribution in [2.45, 2.75) is 26.7 Å². The molecule has 0 bridgehead atoms. The fourth-order valence-corrected chi connectivity index (χ4v) is 1.97. The van der Waals surface area contributed by atoms with Crippen molar-refractivity contribution < 1.29 is 8.42 Å². The molecule has 0 saturated carbocycles. The van der Waals surface area contributed by atoms with Crippen LogP contribution >= 0.6 is 0 Å². The second-order valence-electron chi connectivity index (χ2n) is 4.40. The molecule has 0 aromatic carbocycles. The van der Waals surface area contributed by atoms with Gasteiger partial charge >= 0.3 is 0 Å². The molecule has 0 unspecified atom stereocenters. The maximum Gasteiger partial charge on any atom is 0.147 e. The molecular weight excluding hydrogens is 186 g/mol. The first-order chi connectivity index (χ1) is 5.77. The molecule has 0 spiro atoms. The van der Waals surface area contributed by atoms with E-state index >= 15 is 0 Å². The van der Waals surface area contributed by atoms with Crippen LogP contribution in [0.25, 0.3) is 0 Å². The normalized spacial score (nSPS) is 13.2. The standard InChI is InChI=1S/C9H21NO2S/c1-9(2,5-7-10-3)6-8-13(4,11)12/h10H,5-8H2,1-4H3. The molecule has 0 amide bonds. The van der Waals surface area contributed by atoms with Gasteiger partial charge in [0.25, 0.3) is 0 Å². The maximum atomic E-state index is 10.9. The highest BCUT2D eigenvalue weighted by Gasteiger charge is 2.19. The quantitative estimate of drug-likeness (QED) is 0.708. The lowest BCUT2D eigenvalue weighted by Crippen LogP contribution is -2.22. The molecule has 0 rings (SSSR count). The number of rotatable bonds is 6. The Bertz CT molecular complexity index is 232. The summed E-state index contributed by atoms with van der Waals surface area (Å²) in [5.41, 5.74) is 0.117. The van der Waals surface area contributed by atoms with E-state index in [9.17, 15) is 8.42 Å². The summed E-state index contributed by atoms with van der Waals surface area (Å²) in [5.74, 6) is 0.295. The first kappa shape index (κ1) is 12.9. The fraction of sp³-hybridized carbons (Fsp3) is 1.00. The van der Waals surface area contributed by atoms with E-state index in [0.29, 0.717) is 5.75 Å². The number of nitrogens with one attached hydrogen (secondary N) is 1. The Kier molecular flexibility index (Phi) is 4.92. The third-order valence-corrected chi connectivity index (χ3v) is 3.15. The van der Waals surface area contributed by atoms with Crippen LogP contribution in [0.15, 0.2) is 0 Å². The van der Waals surface area contributed by atoms with E-state index in [1.807, 2.05) is 7.05 Å². The Morgan fingerprint density at radius 1 is 1.23 bits per heavy atom. The van der Waals surface area contributed by atoms with Crippen molar-refractivity contribution in [2.24, 2.45) is 5.41 Å². The highest BCUT2D eigenvalue weighted by molar-refractivity contribution is 7.90. The minimum absolute atomic E-state index is 0.117. The molecule has 4 heteroatoms. The average molecular weight is 207 g/mol. The molecule has 0 aliphatic carbocycles. The van der Waals surface area contributed by atoms with E-state index in [-0.39, 0.29) is 5.41 Å². The summed E-state index contributed by atoms with van der Waals surface area (Å²) in [6.07, 6.45) is 3.05. The Balaban J connectivity index is 3.89. The van der Waals surface area contributed by atoms with E-state index in [2.05, 4.69) is 19.2 Å². The number of hydrogen-bond donors (Lipinski definition) is 1. The Hall–Kier alpha value is -0.0900. The largest absolute Gasteiger partial charge is 0.320 e. The molecule has 0 aromatic heterocycles. The van der Waals surface area contributed by atoms with Gasteiger partial charge in [-0.1, -0.05) is 13.8 Å². The van der Waals surface area contributed by atoms with Crippen molar-refractivity contribution >= 4 is 9.84 Å². The second kappa shape index (κ2) is 4.96. The summed E-state index contributed by atoms with van der Waals surface area (Å²) in [5, 5.41) is 3.07. The Morgan fingerprint density at radius 2 is 1.77 bits per heavy atom. The predicted molar refractivity (Wildman–Crippen MR) is 56.7 cm³/mol. The molecule has 0 fully saturated rings. The molecule has 0 heterocycles. The molecule has 0 radical (unpaired) electrons. The zero-order valence-corrected chi connectivity index (χ0v) is 9.87. The second-order valence-corrected chi connectivity index (χ2v) is 6.66. The molecule has 3 nitrogen and oxygen atoms in total. The lowest BCUT2D eigenvalue weighted by molar-refractivity contribution is 0.320. The van der Waals surface area contributed by atoms with Gasteiger partial charge in [-0.05, 0) is 31.8 Å². The van der Waals surface area contributed by atoms with Crippen LogP contribution in [0.5, 0.6) is 0 Å². The van der Waals surface area contributed by atoms with Gasteiger partial charge in [0.2, 0.25) is 0 Å². The van der Waals surface area contributed by atoms with Gasteiger partial charge in [0, 0.05) is 6.26 Å². The number of hydrogen-bond acceptors (Lipinski definition) is 3. The lowest BCUT2D eigenvalue weighted by atomic mass is 9.86. The number of sulfone groups is 1. The summed E-state index contributed by atoms with van der Waals surface area (Å²) in [4.78, 5) is 0. The monoisotopic (exact) mass is 207 g/mol. The highest BCUT2D eigenvalue weighted by Crippen LogP contribution is 2.24. The van der Waals surface area contributed by atoms with Gasteiger partial charge in [-0.25, -0.2) is 8.42 Å². The van der Waals surface area contributed by atoms with E-state index in [1.54, 1.807) is 0 Å². The minimum atomic E-state index is -2.80. The molecule has 0 aliphatic rings. The van der Waals surface area contributed by atoms with Crippen molar-refractivity contribution in [3.8, 4) is 0 Å². The molecule has 0 aliphatic heterocycles. The van der Waals surface area contributed by atoms with E-state index in [0.717, 1.165) is 19.4 Å². The summed E-state index contributed by atoms with van der Waals surface area (Å²) in [6.45, 7) is 5.15. The van der Waals surface area contributed by atoms with Crippen molar-refractivity contribution in [1.82, 2.24) is 5.32 Å². The van der Waals surface area contributed by atoms with E-state index < -0.39 is 9.84 Å². The lowest BCUT2D eigenvalue weighted by Gasteiger charge is -2.23. The molecule has 1 N–H and O–H groups in total. The van der Waals surface area contributed by atoms with E-state index in [4.69, 9.17) is 0 Å². The van der Waals surface area contributed by atoms with Crippen molar-refractivity contribution in [3.63, 3.8) is 0 Å². The molecule has 0 atom stereocenters. The molecule has 80 valence electrons. The van der Waals surface area contributed by atoms with Gasteiger partial charge in [0.05, 0.1) is 5.75 Å². The van der Waals surface area contributed by atoms with E-state index in [1.165, 1.54) is 6.26 Å². The van der Waals surface area contributed by atoms with Crippen molar-refractivity contribution in [1.29, 1.82) is 0 Å². The Labute approximate surface area is 81.8 Å². The summed E-state index contributed by atoms with van der Waals surface area (Å²) < 4.78 is 21.9. The van der Waals surface area contributed by atoms with Crippen LogP contribution in [0.2, 0.25) is 0 Å². The zero-order valence-electron chi connectivity index (χ0n) is 9.05. The molecule has 13 heavy (non-hydrogen) atoms. The summed E-state index contributed by atoms with van der Waals surface area (Å²) in [7, 11) is -0.893. The summed E-state index contributed by atoms with van der Waals surface area (Å²) in [6, 6.07) is 0. The predicted octanol–water partition coefficient (Wildman–Crippen LogP) is 1.06.